The molecule has 0 bridgehead atoms. The molecule has 1 N–H and O–H groups in total. The second kappa shape index (κ2) is 10.8. The van der Waals surface area contributed by atoms with Gasteiger partial charge in [0.15, 0.2) is 6.61 Å². The summed E-state index contributed by atoms with van der Waals surface area (Å²) in [5, 5.41) is 13.3. The maximum absolute atomic E-state index is 12.6. The first-order valence-electron chi connectivity index (χ1n) is 9.83. The molecule has 2 aromatic carbocycles. The second-order valence-corrected chi connectivity index (χ2v) is 8.79. The summed E-state index contributed by atoms with van der Waals surface area (Å²) >= 11 is 0. The van der Waals surface area contributed by atoms with Crippen molar-refractivity contribution in [2.75, 3.05) is 38.2 Å². The lowest BCUT2D eigenvalue weighted by Crippen LogP contribution is -2.40. The zero-order valence-electron chi connectivity index (χ0n) is 17.4. The number of nitro benzene ring substituents is 1. The van der Waals surface area contributed by atoms with Crippen LogP contribution in [0.15, 0.2) is 59.5 Å². The Hall–Kier alpha value is -3.61. The fourth-order valence-electron chi connectivity index (χ4n) is 2.96. The molecule has 1 saturated heterocycles. The van der Waals surface area contributed by atoms with E-state index in [0.29, 0.717) is 31.9 Å². The summed E-state index contributed by atoms with van der Waals surface area (Å²) in [5.41, 5.74) is 0.264. The Bertz CT molecular complexity index is 1160. The third kappa shape index (κ3) is 6.44. The zero-order valence-corrected chi connectivity index (χ0v) is 18.2. The number of nitrogens with one attached hydrogen (secondary N) is 1. The minimum atomic E-state index is -3.61. The normalized spacial score (nSPS) is 14.7. The van der Waals surface area contributed by atoms with Crippen molar-refractivity contribution in [1.82, 2.24) is 4.31 Å². The average molecular weight is 475 g/mol. The number of carbonyl (C=O) groups excluding carboxylic acids is 2. The fourth-order valence-corrected chi connectivity index (χ4v) is 4.37. The third-order valence-electron chi connectivity index (χ3n) is 4.62. The van der Waals surface area contributed by atoms with Gasteiger partial charge in [-0.1, -0.05) is 24.3 Å². The summed E-state index contributed by atoms with van der Waals surface area (Å²) in [4.78, 5) is 34.3. The summed E-state index contributed by atoms with van der Waals surface area (Å²) in [5.74, 6) is -1.54. The molecule has 2 aromatic rings. The molecule has 1 amide bonds. The number of morpholine rings is 1. The van der Waals surface area contributed by atoms with Gasteiger partial charge in [0.25, 0.3) is 11.6 Å². The van der Waals surface area contributed by atoms with E-state index < -0.39 is 33.4 Å². The molecule has 33 heavy (non-hydrogen) atoms. The molecule has 0 aromatic heterocycles. The standard InChI is InChI=1S/C21H21N3O8S/c25-20(22-18-3-1-2-4-19(18)24(27)28)15-32-21(26)10-7-16-5-8-17(9-6-16)33(29,30)23-11-13-31-14-12-23/h1-10H,11-15H2,(H,22,25)/b10-7+. The van der Waals surface area contributed by atoms with Crippen molar-refractivity contribution in [2.45, 2.75) is 4.90 Å². The van der Waals surface area contributed by atoms with E-state index in [1.165, 1.54) is 46.8 Å². The van der Waals surface area contributed by atoms with Gasteiger partial charge in [-0.2, -0.15) is 4.31 Å². The highest BCUT2D eigenvalue weighted by molar-refractivity contribution is 7.89. The number of anilines is 1. The second-order valence-electron chi connectivity index (χ2n) is 6.85. The highest BCUT2D eigenvalue weighted by Gasteiger charge is 2.26. The van der Waals surface area contributed by atoms with Crippen molar-refractivity contribution >= 4 is 39.4 Å². The minimum Gasteiger partial charge on any atom is -0.452 e. The average Bonchev–Trinajstić information content (AvgIpc) is 2.82. The smallest absolute Gasteiger partial charge is 0.331 e. The van der Waals surface area contributed by atoms with Crippen LogP contribution in [-0.4, -0.2) is 62.4 Å². The van der Waals surface area contributed by atoms with Gasteiger partial charge >= 0.3 is 5.97 Å². The van der Waals surface area contributed by atoms with Gasteiger partial charge in [-0.05, 0) is 29.8 Å². The van der Waals surface area contributed by atoms with Crippen molar-refractivity contribution in [3.8, 4) is 0 Å². The van der Waals surface area contributed by atoms with E-state index in [9.17, 15) is 28.1 Å². The van der Waals surface area contributed by atoms with Crippen LogP contribution in [-0.2, 0) is 29.1 Å². The molecule has 1 aliphatic rings. The number of hydrogen-bond donors (Lipinski definition) is 1. The highest BCUT2D eigenvalue weighted by atomic mass is 32.2. The summed E-state index contributed by atoms with van der Waals surface area (Å²) in [6.07, 6.45) is 2.50. The number of rotatable bonds is 8. The van der Waals surface area contributed by atoms with Crippen LogP contribution in [0.5, 0.6) is 0 Å². The van der Waals surface area contributed by atoms with Crippen LogP contribution in [0.2, 0.25) is 0 Å². The Kier molecular flexibility index (Phi) is 7.87. The van der Waals surface area contributed by atoms with Crippen molar-refractivity contribution in [1.29, 1.82) is 0 Å². The third-order valence-corrected chi connectivity index (χ3v) is 6.53. The van der Waals surface area contributed by atoms with Gasteiger partial charge in [0.1, 0.15) is 5.69 Å². The van der Waals surface area contributed by atoms with Crippen LogP contribution in [0.3, 0.4) is 0 Å². The Morgan fingerprint density at radius 3 is 2.45 bits per heavy atom. The molecule has 1 aliphatic heterocycles. The molecule has 174 valence electrons. The van der Waals surface area contributed by atoms with Crippen LogP contribution in [0.1, 0.15) is 5.56 Å². The van der Waals surface area contributed by atoms with Crippen molar-refractivity contribution in [3.63, 3.8) is 0 Å². The van der Waals surface area contributed by atoms with Crippen LogP contribution in [0, 0.1) is 10.1 Å². The number of sulfonamides is 1. The molecule has 0 aliphatic carbocycles. The molecule has 1 heterocycles. The van der Waals surface area contributed by atoms with Crippen LogP contribution >= 0.6 is 0 Å². The SMILES string of the molecule is O=C(COC(=O)/C=C/c1ccc(S(=O)(=O)N2CCOCC2)cc1)Nc1ccccc1[N+](=O)[O-]. The number of nitro groups is 1. The lowest BCUT2D eigenvalue weighted by molar-refractivity contribution is -0.383. The van der Waals surface area contributed by atoms with Gasteiger partial charge in [-0.3, -0.25) is 14.9 Å². The van der Waals surface area contributed by atoms with E-state index in [4.69, 9.17) is 9.47 Å². The maximum Gasteiger partial charge on any atom is 0.331 e. The van der Waals surface area contributed by atoms with E-state index >= 15 is 0 Å². The largest absolute Gasteiger partial charge is 0.452 e. The number of ether oxygens (including phenoxy) is 2. The van der Waals surface area contributed by atoms with Crippen LogP contribution in [0.25, 0.3) is 6.08 Å². The summed E-state index contributed by atoms with van der Waals surface area (Å²) < 4.78 is 36.6. The predicted octanol–water partition coefficient (Wildman–Crippen LogP) is 1.81. The van der Waals surface area contributed by atoms with Gasteiger partial charge in [0.2, 0.25) is 10.0 Å². The number of esters is 1. The van der Waals surface area contributed by atoms with E-state index in [1.807, 2.05) is 0 Å². The molecule has 11 nitrogen and oxygen atoms in total. The van der Waals surface area contributed by atoms with Gasteiger partial charge in [0.05, 0.1) is 23.0 Å². The molecule has 0 saturated carbocycles. The molecule has 0 atom stereocenters. The number of amides is 1. The molecular formula is C21H21N3O8S. The van der Waals surface area contributed by atoms with Gasteiger partial charge in [-0.15, -0.1) is 0 Å². The number of carbonyl (C=O) groups is 2. The molecule has 3 rings (SSSR count). The predicted molar refractivity (Wildman–Crippen MR) is 118 cm³/mol. The summed E-state index contributed by atoms with van der Waals surface area (Å²) in [6, 6.07) is 11.5. The number of benzene rings is 2. The number of nitrogens with zero attached hydrogens (tertiary/aromatic N) is 2. The van der Waals surface area contributed by atoms with Crippen molar-refractivity contribution < 1.29 is 32.4 Å². The first kappa shape index (κ1) is 24.0. The van der Waals surface area contributed by atoms with Gasteiger partial charge in [0, 0.05) is 25.2 Å². The summed E-state index contributed by atoms with van der Waals surface area (Å²) in [7, 11) is -3.61. The zero-order chi connectivity index (χ0) is 23.8. The minimum absolute atomic E-state index is 0.00814. The van der Waals surface area contributed by atoms with E-state index in [-0.39, 0.29) is 16.3 Å². The Morgan fingerprint density at radius 1 is 1.12 bits per heavy atom. The first-order chi connectivity index (χ1) is 15.8. The van der Waals surface area contributed by atoms with Gasteiger partial charge < -0.3 is 14.8 Å². The topological polar surface area (TPSA) is 145 Å². The monoisotopic (exact) mass is 475 g/mol. The first-order valence-corrected chi connectivity index (χ1v) is 11.3. The molecule has 0 spiro atoms. The fraction of sp³-hybridized carbons (Fsp3) is 0.238. The van der Waals surface area contributed by atoms with Crippen molar-refractivity contribution in [2.24, 2.45) is 0 Å². The van der Waals surface area contributed by atoms with Crippen LogP contribution in [0.4, 0.5) is 11.4 Å². The van der Waals surface area contributed by atoms with E-state index in [0.717, 1.165) is 6.08 Å². The quantitative estimate of drug-likeness (QED) is 0.263. The van der Waals surface area contributed by atoms with Crippen LogP contribution < -0.4 is 5.32 Å². The lowest BCUT2D eigenvalue weighted by atomic mass is 10.2. The molecular weight excluding hydrogens is 454 g/mol. The number of para-hydroxylation sites is 2. The summed E-state index contributed by atoms with van der Waals surface area (Å²) in [6.45, 7) is 0.652. The maximum atomic E-state index is 12.6. The lowest BCUT2D eigenvalue weighted by Gasteiger charge is -2.26. The highest BCUT2D eigenvalue weighted by Crippen LogP contribution is 2.23. The Balaban J connectivity index is 1.52. The molecule has 0 unspecified atom stereocenters. The molecule has 1 fully saturated rings. The van der Waals surface area contributed by atoms with Crippen molar-refractivity contribution in [3.05, 3.63) is 70.3 Å². The Morgan fingerprint density at radius 2 is 1.79 bits per heavy atom. The number of hydrogen-bond acceptors (Lipinski definition) is 8. The Labute approximate surface area is 189 Å². The van der Waals surface area contributed by atoms with Gasteiger partial charge in [-0.25, -0.2) is 13.2 Å². The van der Waals surface area contributed by atoms with E-state index in [2.05, 4.69) is 5.32 Å². The molecule has 0 radical (unpaired) electrons. The molecule has 12 heteroatoms. The van der Waals surface area contributed by atoms with E-state index in [1.54, 1.807) is 12.1 Å².